The van der Waals surface area contributed by atoms with Crippen LogP contribution in [0.15, 0.2) is 29.1 Å². The third-order valence-corrected chi connectivity index (χ3v) is 4.08. The van der Waals surface area contributed by atoms with Gasteiger partial charge in [0.1, 0.15) is 5.75 Å². The second kappa shape index (κ2) is 8.15. The number of unbranched alkanes of at least 4 members (excludes halogenated alkanes) is 1. The van der Waals surface area contributed by atoms with Gasteiger partial charge in [-0.1, -0.05) is 32.4 Å². The van der Waals surface area contributed by atoms with Gasteiger partial charge in [0.05, 0.1) is 24.4 Å². The third-order valence-electron chi connectivity index (χ3n) is 3.49. The summed E-state index contributed by atoms with van der Waals surface area (Å²) in [4.78, 5) is 4.39. The fourth-order valence-corrected chi connectivity index (χ4v) is 2.93. The van der Waals surface area contributed by atoms with Crippen LogP contribution in [-0.4, -0.2) is 18.7 Å². The van der Waals surface area contributed by atoms with Crippen molar-refractivity contribution in [2.45, 2.75) is 39.2 Å². The van der Waals surface area contributed by atoms with Gasteiger partial charge < -0.3 is 9.47 Å². The Kier molecular flexibility index (Phi) is 6.21. The van der Waals surface area contributed by atoms with Crippen molar-refractivity contribution < 1.29 is 9.47 Å². The smallest absolute Gasteiger partial charge is 0.134 e. The molecule has 114 valence electrons. The van der Waals surface area contributed by atoms with E-state index in [0.29, 0.717) is 0 Å². The van der Waals surface area contributed by atoms with Gasteiger partial charge in [0.2, 0.25) is 0 Å². The molecule has 0 amide bonds. The van der Waals surface area contributed by atoms with Crippen LogP contribution in [0.4, 0.5) is 0 Å². The van der Waals surface area contributed by atoms with E-state index in [4.69, 9.17) is 9.47 Å². The summed E-state index contributed by atoms with van der Waals surface area (Å²) >= 11 is 1.59. The summed E-state index contributed by atoms with van der Waals surface area (Å²) in [5.41, 5.74) is 4.95. The highest BCUT2D eigenvalue weighted by Gasteiger charge is 2.19. The van der Waals surface area contributed by atoms with Crippen LogP contribution in [0.5, 0.6) is 5.75 Å². The minimum absolute atomic E-state index is 0.0742. The van der Waals surface area contributed by atoms with Crippen LogP contribution < -0.4 is 4.74 Å². The molecule has 1 atom stereocenters. The lowest BCUT2D eigenvalue weighted by Crippen LogP contribution is -2.07. The lowest BCUT2D eigenvalue weighted by atomic mass is 10.0. The second-order valence-electron chi connectivity index (χ2n) is 4.92. The van der Waals surface area contributed by atoms with E-state index in [2.05, 4.69) is 37.0 Å². The highest BCUT2D eigenvalue weighted by Crippen LogP contribution is 2.38. The molecule has 2 aromatic rings. The zero-order valence-corrected chi connectivity index (χ0v) is 13.8. The maximum atomic E-state index is 6.03. The Morgan fingerprint density at radius 3 is 2.76 bits per heavy atom. The topological polar surface area (TPSA) is 31.4 Å². The van der Waals surface area contributed by atoms with Crippen LogP contribution in [-0.2, 0) is 4.74 Å². The fraction of sp³-hybridized carbons (Fsp3) is 0.471. The first-order valence-electron chi connectivity index (χ1n) is 7.48. The first-order valence-corrected chi connectivity index (χ1v) is 8.43. The van der Waals surface area contributed by atoms with E-state index < -0.39 is 0 Å². The number of aromatic nitrogens is 1. The number of methoxy groups -OCH3 is 1. The molecule has 1 heterocycles. The zero-order chi connectivity index (χ0) is 15.1. The minimum Gasteiger partial charge on any atom is -0.496 e. The molecule has 1 aromatic heterocycles. The molecule has 0 N–H and O–H groups in total. The number of ether oxygens (including phenoxy) is 2. The Labute approximate surface area is 130 Å². The van der Waals surface area contributed by atoms with Gasteiger partial charge in [0, 0.05) is 23.1 Å². The van der Waals surface area contributed by atoms with Crippen molar-refractivity contribution >= 4 is 11.3 Å². The Morgan fingerprint density at radius 2 is 2.14 bits per heavy atom. The summed E-state index contributed by atoms with van der Waals surface area (Å²) in [5, 5.41) is 2.04. The highest BCUT2D eigenvalue weighted by atomic mass is 32.1. The molecule has 2 rings (SSSR count). The van der Waals surface area contributed by atoms with Gasteiger partial charge in [-0.15, -0.1) is 11.3 Å². The van der Waals surface area contributed by atoms with E-state index in [0.717, 1.165) is 48.4 Å². The summed E-state index contributed by atoms with van der Waals surface area (Å²) in [7, 11) is 1.72. The van der Waals surface area contributed by atoms with Crippen LogP contribution in [0.2, 0.25) is 0 Å². The molecule has 0 saturated carbocycles. The Hall–Kier alpha value is -1.39. The number of hydrogen-bond donors (Lipinski definition) is 0. The molecule has 0 radical (unpaired) electrons. The maximum Gasteiger partial charge on any atom is 0.134 e. The quantitative estimate of drug-likeness (QED) is 0.637. The number of para-hydroxylation sites is 1. The second-order valence-corrected chi connectivity index (χ2v) is 5.64. The van der Waals surface area contributed by atoms with Crippen molar-refractivity contribution in [2.24, 2.45) is 0 Å². The van der Waals surface area contributed by atoms with Gasteiger partial charge in [-0.2, -0.15) is 0 Å². The van der Waals surface area contributed by atoms with Gasteiger partial charge >= 0.3 is 0 Å². The van der Waals surface area contributed by atoms with Gasteiger partial charge in [-0.25, -0.2) is 4.98 Å². The van der Waals surface area contributed by atoms with Crippen molar-refractivity contribution in [3.63, 3.8) is 0 Å². The average Bonchev–Trinajstić information content (AvgIpc) is 3.05. The van der Waals surface area contributed by atoms with Crippen LogP contribution in [0.1, 0.15) is 44.8 Å². The number of nitrogens with zero attached hydrogens (tertiary/aromatic N) is 1. The molecule has 1 unspecified atom stereocenters. The summed E-state index contributed by atoms with van der Waals surface area (Å²) in [6.45, 7) is 5.11. The molecule has 0 spiro atoms. The average molecular weight is 305 g/mol. The Morgan fingerprint density at radius 1 is 1.29 bits per heavy atom. The normalized spacial score (nSPS) is 12.3. The summed E-state index contributed by atoms with van der Waals surface area (Å²) < 4.78 is 11.7. The molecule has 0 aliphatic rings. The highest BCUT2D eigenvalue weighted by molar-refractivity contribution is 7.07. The van der Waals surface area contributed by atoms with E-state index in [1.807, 2.05) is 10.9 Å². The standard InChI is InChI=1S/C17H23NO2S/c1-4-6-10-20-16(5-2)14-9-7-8-13(17(14)19-3)15-11-21-12-18-15/h7-9,11-12,16H,4-6,10H2,1-3H3. The van der Waals surface area contributed by atoms with Gasteiger partial charge in [0.25, 0.3) is 0 Å². The van der Waals surface area contributed by atoms with Crippen molar-refractivity contribution in [2.75, 3.05) is 13.7 Å². The van der Waals surface area contributed by atoms with Crippen molar-refractivity contribution in [3.8, 4) is 17.0 Å². The van der Waals surface area contributed by atoms with E-state index in [1.165, 1.54) is 0 Å². The van der Waals surface area contributed by atoms with E-state index >= 15 is 0 Å². The molecule has 21 heavy (non-hydrogen) atoms. The van der Waals surface area contributed by atoms with Gasteiger partial charge in [0.15, 0.2) is 0 Å². The molecule has 0 saturated heterocycles. The van der Waals surface area contributed by atoms with E-state index in [1.54, 1.807) is 18.4 Å². The minimum atomic E-state index is 0.0742. The molecular weight excluding hydrogens is 282 g/mol. The zero-order valence-electron chi connectivity index (χ0n) is 13.0. The number of thiazole rings is 1. The molecule has 1 aromatic carbocycles. The summed E-state index contributed by atoms with van der Waals surface area (Å²) in [5.74, 6) is 0.881. The first-order chi connectivity index (χ1) is 10.3. The fourth-order valence-electron chi connectivity index (χ4n) is 2.38. The summed E-state index contributed by atoms with van der Waals surface area (Å²) in [6.07, 6.45) is 3.24. The van der Waals surface area contributed by atoms with Crippen LogP contribution >= 0.6 is 11.3 Å². The van der Waals surface area contributed by atoms with Crippen molar-refractivity contribution in [1.82, 2.24) is 4.98 Å². The van der Waals surface area contributed by atoms with Crippen LogP contribution in [0, 0.1) is 0 Å². The number of benzene rings is 1. The summed E-state index contributed by atoms with van der Waals surface area (Å²) in [6, 6.07) is 6.20. The largest absolute Gasteiger partial charge is 0.496 e. The molecule has 0 fully saturated rings. The van der Waals surface area contributed by atoms with Crippen molar-refractivity contribution in [3.05, 3.63) is 34.7 Å². The van der Waals surface area contributed by atoms with Crippen LogP contribution in [0.25, 0.3) is 11.3 Å². The predicted molar refractivity (Wildman–Crippen MR) is 88.0 cm³/mol. The van der Waals surface area contributed by atoms with Gasteiger partial charge in [-0.05, 0) is 18.9 Å². The lowest BCUT2D eigenvalue weighted by molar-refractivity contribution is 0.0465. The maximum absolute atomic E-state index is 6.03. The molecule has 0 aliphatic carbocycles. The Balaban J connectivity index is 2.32. The van der Waals surface area contributed by atoms with E-state index in [-0.39, 0.29) is 6.10 Å². The first kappa shape index (κ1) is 16.0. The molecule has 0 bridgehead atoms. The lowest BCUT2D eigenvalue weighted by Gasteiger charge is -2.20. The molecule has 0 aliphatic heterocycles. The SMILES string of the molecule is CCCCOC(CC)c1cccc(-c2cscn2)c1OC. The predicted octanol–water partition coefficient (Wildman–Crippen LogP) is 5.09. The molecule has 4 heteroatoms. The van der Waals surface area contributed by atoms with Crippen molar-refractivity contribution in [1.29, 1.82) is 0 Å². The van der Waals surface area contributed by atoms with Gasteiger partial charge in [-0.3, -0.25) is 0 Å². The third kappa shape index (κ3) is 3.83. The molecular formula is C17H23NO2S. The number of rotatable bonds is 8. The van der Waals surface area contributed by atoms with Crippen LogP contribution in [0.3, 0.4) is 0 Å². The number of hydrogen-bond acceptors (Lipinski definition) is 4. The Bertz CT molecular complexity index is 540. The monoisotopic (exact) mass is 305 g/mol. The van der Waals surface area contributed by atoms with E-state index in [9.17, 15) is 0 Å². The molecule has 3 nitrogen and oxygen atoms in total.